The predicted octanol–water partition coefficient (Wildman–Crippen LogP) is 1.57. The highest BCUT2D eigenvalue weighted by molar-refractivity contribution is 7.92. The predicted molar refractivity (Wildman–Crippen MR) is 55.9 cm³/mol. The number of carbonyl (C=O) groups is 1. The Morgan fingerprint density at radius 3 is 2.57 bits per heavy atom. The SMILES string of the molecule is CCC(C)CS(=O)(=O)C1CCC(=O)C1. The van der Waals surface area contributed by atoms with Gasteiger partial charge in [0.05, 0.1) is 11.0 Å². The largest absolute Gasteiger partial charge is 0.300 e. The van der Waals surface area contributed by atoms with Gasteiger partial charge in [0.1, 0.15) is 5.78 Å². The van der Waals surface area contributed by atoms with Crippen LogP contribution in [0, 0.1) is 5.92 Å². The Bertz CT molecular complexity index is 305. The molecule has 2 unspecified atom stereocenters. The summed E-state index contributed by atoms with van der Waals surface area (Å²) >= 11 is 0. The van der Waals surface area contributed by atoms with Gasteiger partial charge in [0, 0.05) is 12.8 Å². The van der Waals surface area contributed by atoms with Crippen LogP contribution >= 0.6 is 0 Å². The number of carbonyl (C=O) groups excluding carboxylic acids is 1. The molecule has 1 fully saturated rings. The van der Waals surface area contributed by atoms with E-state index < -0.39 is 9.84 Å². The summed E-state index contributed by atoms with van der Waals surface area (Å²) in [4.78, 5) is 11.0. The lowest BCUT2D eigenvalue weighted by Gasteiger charge is -2.13. The summed E-state index contributed by atoms with van der Waals surface area (Å²) in [6.07, 6.45) is 2.11. The van der Waals surface area contributed by atoms with Crippen LogP contribution in [0.1, 0.15) is 39.5 Å². The Labute approximate surface area is 85.8 Å². The molecule has 0 aromatic heterocycles. The molecule has 0 aromatic carbocycles. The van der Waals surface area contributed by atoms with E-state index in [9.17, 15) is 13.2 Å². The van der Waals surface area contributed by atoms with Gasteiger partial charge >= 0.3 is 0 Å². The molecule has 3 nitrogen and oxygen atoms in total. The van der Waals surface area contributed by atoms with Crippen LogP contribution in [0.15, 0.2) is 0 Å². The van der Waals surface area contributed by atoms with Gasteiger partial charge in [0.15, 0.2) is 9.84 Å². The second-order valence-electron chi connectivity index (χ2n) is 4.25. The second-order valence-corrected chi connectivity index (χ2v) is 6.57. The number of sulfone groups is 1. The third kappa shape index (κ3) is 2.80. The van der Waals surface area contributed by atoms with E-state index in [1.54, 1.807) is 0 Å². The molecular formula is C10H18O3S. The van der Waals surface area contributed by atoms with Crippen molar-refractivity contribution in [2.75, 3.05) is 5.75 Å². The molecule has 0 spiro atoms. The lowest BCUT2D eigenvalue weighted by molar-refractivity contribution is -0.117. The van der Waals surface area contributed by atoms with E-state index in [4.69, 9.17) is 0 Å². The molecule has 1 rings (SSSR count). The van der Waals surface area contributed by atoms with Crippen molar-refractivity contribution in [2.24, 2.45) is 5.92 Å². The molecule has 0 saturated heterocycles. The van der Waals surface area contributed by atoms with Gasteiger partial charge < -0.3 is 0 Å². The number of hydrogen-bond donors (Lipinski definition) is 0. The van der Waals surface area contributed by atoms with E-state index in [1.165, 1.54) is 0 Å². The molecule has 0 radical (unpaired) electrons. The van der Waals surface area contributed by atoms with E-state index in [0.717, 1.165) is 6.42 Å². The van der Waals surface area contributed by atoms with Gasteiger partial charge in [0.25, 0.3) is 0 Å². The van der Waals surface area contributed by atoms with Crippen LogP contribution in [0.3, 0.4) is 0 Å². The molecule has 2 atom stereocenters. The lowest BCUT2D eigenvalue weighted by Crippen LogP contribution is -2.24. The van der Waals surface area contributed by atoms with Crippen molar-refractivity contribution in [3.05, 3.63) is 0 Å². The van der Waals surface area contributed by atoms with Crippen molar-refractivity contribution in [2.45, 2.75) is 44.8 Å². The van der Waals surface area contributed by atoms with Gasteiger partial charge in [-0.25, -0.2) is 8.42 Å². The Morgan fingerprint density at radius 2 is 2.14 bits per heavy atom. The molecule has 0 amide bonds. The van der Waals surface area contributed by atoms with Crippen molar-refractivity contribution >= 4 is 15.6 Å². The molecule has 0 bridgehead atoms. The number of rotatable bonds is 4. The van der Waals surface area contributed by atoms with Crippen molar-refractivity contribution in [3.8, 4) is 0 Å². The zero-order chi connectivity index (χ0) is 10.8. The van der Waals surface area contributed by atoms with Gasteiger partial charge in [0.2, 0.25) is 0 Å². The standard InChI is InChI=1S/C10H18O3S/c1-3-8(2)7-14(12,13)10-5-4-9(11)6-10/h8,10H,3-7H2,1-2H3. The normalized spacial score (nSPS) is 25.3. The smallest absolute Gasteiger partial charge is 0.153 e. The summed E-state index contributed by atoms with van der Waals surface area (Å²) < 4.78 is 23.6. The fraction of sp³-hybridized carbons (Fsp3) is 0.900. The molecule has 14 heavy (non-hydrogen) atoms. The maximum Gasteiger partial charge on any atom is 0.153 e. The molecule has 1 aliphatic carbocycles. The Hall–Kier alpha value is -0.380. The van der Waals surface area contributed by atoms with Crippen LogP contribution < -0.4 is 0 Å². The van der Waals surface area contributed by atoms with Crippen molar-refractivity contribution in [1.29, 1.82) is 0 Å². The van der Waals surface area contributed by atoms with Gasteiger partial charge in [-0.3, -0.25) is 4.79 Å². The Kier molecular flexibility index (Phi) is 3.70. The summed E-state index contributed by atoms with van der Waals surface area (Å²) in [6, 6.07) is 0. The van der Waals surface area contributed by atoms with Gasteiger partial charge in [-0.15, -0.1) is 0 Å². The quantitative estimate of drug-likeness (QED) is 0.719. The van der Waals surface area contributed by atoms with Crippen LogP contribution in [0.25, 0.3) is 0 Å². The topological polar surface area (TPSA) is 51.2 Å². The number of ketones is 1. The summed E-state index contributed by atoms with van der Waals surface area (Å²) in [5, 5.41) is -0.385. The molecule has 82 valence electrons. The van der Waals surface area contributed by atoms with E-state index in [-0.39, 0.29) is 29.1 Å². The molecule has 1 aliphatic rings. The summed E-state index contributed by atoms with van der Waals surface area (Å²) in [6.45, 7) is 3.92. The zero-order valence-electron chi connectivity index (χ0n) is 8.82. The van der Waals surface area contributed by atoms with Crippen LogP contribution in [0.2, 0.25) is 0 Å². The zero-order valence-corrected chi connectivity index (χ0v) is 9.64. The summed E-state index contributed by atoms with van der Waals surface area (Å²) in [5.41, 5.74) is 0. The minimum absolute atomic E-state index is 0.0997. The van der Waals surface area contributed by atoms with E-state index in [1.807, 2.05) is 13.8 Å². The third-order valence-electron chi connectivity index (χ3n) is 2.92. The first-order chi connectivity index (χ1) is 6.45. The fourth-order valence-corrected chi connectivity index (χ4v) is 3.95. The molecule has 0 aliphatic heterocycles. The van der Waals surface area contributed by atoms with Crippen molar-refractivity contribution < 1.29 is 13.2 Å². The first-order valence-electron chi connectivity index (χ1n) is 5.19. The van der Waals surface area contributed by atoms with Gasteiger partial charge in [-0.1, -0.05) is 20.3 Å². The highest BCUT2D eigenvalue weighted by Crippen LogP contribution is 2.24. The average molecular weight is 218 g/mol. The molecule has 1 saturated carbocycles. The van der Waals surface area contributed by atoms with E-state index in [2.05, 4.69) is 0 Å². The van der Waals surface area contributed by atoms with Crippen molar-refractivity contribution in [1.82, 2.24) is 0 Å². The number of Topliss-reactive ketones (excluding diaryl/α,β-unsaturated/α-hetero) is 1. The molecule has 0 heterocycles. The van der Waals surface area contributed by atoms with Crippen LogP contribution in [-0.2, 0) is 14.6 Å². The minimum atomic E-state index is -3.03. The van der Waals surface area contributed by atoms with Gasteiger partial charge in [-0.05, 0) is 12.3 Å². The summed E-state index contributed by atoms with van der Waals surface area (Å²) in [7, 11) is -3.03. The highest BCUT2D eigenvalue weighted by Gasteiger charge is 2.33. The Balaban J connectivity index is 2.61. The average Bonchev–Trinajstić information content (AvgIpc) is 2.51. The Morgan fingerprint density at radius 1 is 1.50 bits per heavy atom. The highest BCUT2D eigenvalue weighted by atomic mass is 32.2. The monoisotopic (exact) mass is 218 g/mol. The van der Waals surface area contributed by atoms with Crippen LogP contribution in [-0.4, -0.2) is 25.2 Å². The molecule has 4 heteroatoms. The maximum absolute atomic E-state index is 11.8. The molecule has 0 aromatic rings. The number of hydrogen-bond acceptors (Lipinski definition) is 3. The first kappa shape index (κ1) is 11.7. The third-order valence-corrected chi connectivity index (χ3v) is 5.37. The van der Waals surface area contributed by atoms with E-state index in [0.29, 0.717) is 12.8 Å². The summed E-state index contributed by atoms with van der Waals surface area (Å²) in [5.74, 6) is 0.542. The lowest BCUT2D eigenvalue weighted by atomic mass is 10.2. The molecule has 0 N–H and O–H groups in total. The van der Waals surface area contributed by atoms with Gasteiger partial charge in [-0.2, -0.15) is 0 Å². The molecular weight excluding hydrogens is 200 g/mol. The maximum atomic E-state index is 11.8. The first-order valence-corrected chi connectivity index (χ1v) is 6.90. The fourth-order valence-electron chi connectivity index (χ4n) is 1.74. The second kappa shape index (κ2) is 4.43. The minimum Gasteiger partial charge on any atom is -0.300 e. The van der Waals surface area contributed by atoms with Crippen LogP contribution in [0.4, 0.5) is 0 Å². The van der Waals surface area contributed by atoms with Crippen LogP contribution in [0.5, 0.6) is 0 Å². The van der Waals surface area contributed by atoms with Crippen molar-refractivity contribution in [3.63, 3.8) is 0 Å². The van der Waals surface area contributed by atoms with E-state index >= 15 is 0 Å².